The Kier molecular flexibility index (Phi) is 3.38. The van der Waals surface area contributed by atoms with E-state index < -0.39 is 0 Å². The molecule has 2 aromatic rings. The third-order valence-electron chi connectivity index (χ3n) is 2.98. The quantitative estimate of drug-likeness (QED) is 0.719. The Hall–Kier alpha value is -1.89. The van der Waals surface area contributed by atoms with Gasteiger partial charge in [0.05, 0.1) is 0 Å². The van der Waals surface area contributed by atoms with E-state index >= 15 is 0 Å². The Morgan fingerprint density at radius 1 is 1.12 bits per heavy atom. The Bertz CT molecular complexity index is 541. The molecule has 0 unspecified atom stereocenters. The van der Waals surface area contributed by atoms with Crippen LogP contribution in [-0.4, -0.2) is 6.29 Å². The predicted molar refractivity (Wildman–Crippen MR) is 71.4 cm³/mol. The van der Waals surface area contributed by atoms with Gasteiger partial charge in [0.15, 0.2) is 6.29 Å². The third-order valence-corrected chi connectivity index (χ3v) is 2.98. The topological polar surface area (TPSA) is 17.1 Å². The van der Waals surface area contributed by atoms with Crippen LogP contribution in [0.2, 0.25) is 0 Å². The van der Waals surface area contributed by atoms with Gasteiger partial charge in [-0.15, -0.1) is 0 Å². The van der Waals surface area contributed by atoms with Gasteiger partial charge >= 0.3 is 0 Å². The smallest absolute Gasteiger partial charge is 0.150 e. The summed E-state index contributed by atoms with van der Waals surface area (Å²) < 4.78 is 0. The van der Waals surface area contributed by atoms with Crippen LogP contribution < -0.4 is 0 Å². The van der Waals surface area contributed by atoms with Gasteiger partial charge in [0.1, 0.15) is 0 Å². The average molecular weight is 224 g/mol. The standard InChI is InChI=1S/C16H16O/c1-3-13-5-4-6-14(10-13)16-9-12(2)7-8-15(16)11-17/h4-11H,3H2,1-2H3. The summed E-state index contributed by atoms with van der Waals surface area (Å²) >= 11 is 0. The maximum Gasteiger partial charge on any atom is 0.150 e. The number of rotatable bonds is 3. The molecule has 1 heteroatoms. The first-order chi connectivity index (χ1) is 8.24. The second-order valence-corrected chi connectivity index (χ2v) is 4.26. The van der Waals surface area contributed by atoms with Crippen molar-refractivity contribution in [3.63, 3.8) is 0 Å². The van der Waals surface area contributed by atoms with Gasteiger partial charge in [0, 0.05) is 5.56 Å². The number of carbonyl (C=O) groups is 1. The van der Waals surface area contributed by atoms with E-state index in [4.69, 9.17) is 0 Å². The van der Waals surface area contributed by atoms with Crippen molar-refractivity contribution >= 4 is 6.29 Å². The van der Waals surface area contributed by atoms with Crippen molar-refractivity contribution in [2.75, 3.05) is 0 Å². The molecule has 0 aliphatic heterocycles. The summed E-state index contributed by atoms with van der Waals surface area (Å²) in [6.07, 6.45) is 1.93. The summed E-state index contributed by atoms with van der Waals surface area (Å²) in [7, 11) is 0. The van der Waals surface area contributed by atoms with Crippen molar-refractivity contribution in [1.29, 1.82) is 0 Å². The molecule has 0 bridgehead atoms. The lowest BCUT2D eigenvalue weighted by Crippen LogP contribution is -1.90. The summed E-state index contributed by atoms with van der Waals surface area (Å²) in [5, 5.41) is 0. The zero-order valence-electron chi connectivity index (χ0n) is 10.2. The number of carbonyl (C=O) groups excluding carboxylic acids is 1. The highest BCUT2D eigenvalue weighted by atomic mass is 16.1. The number of hydrogen-bond donors (Lipinski definition) is 0. The molecular formula is C16H16O. The van der Waals surface area contributed by atoms with Crippen molar-refractivity contribution in [3.8, 4) is 11.1 Å². The van der Waals surface area contributed by atoms with E-state index in [1.807, 2.05) is 25.1 Å². The summed E-state index contributed by atoms with van der Waals surface area (Å²) in [6, 6.07) is 14.3. The first kappa shape index (κ1) is 11.6. The van der Waals surface area contributed by atoms with Crippen LogP contribution in [0.5, 0.6) is 0 Å². The molecule has 0 radical (unpaired) electrons. The minimum absolute atomic E-state index is 0.754. The summed E-state index contributed by atoms with van der Waals surface area (Å²) in [5.41, 5.74) is 5.36. The SMILES string of the molecule is CCc1cccc(-c2cc(C)ccc2C=O)c1. The minimum Gasteiger partial charge on any atom is -0.298 e. The van der Waals surface area contributed by atoms with Crippen molar-refractivity contribution in [3.05, 3.63) is 59.2 Å². The molecule has 2 aromatic carbocycles. The highest BCUT2D eigenvalue weighted by molar-refractivity contribution is 5.87. The predicted octanol–water partition coefficient (Wildman–Crippen LogP) is 4.04. The van der Waals surface area contributed by atoms with Gasteiger partial charge in [0.25, 0.3) is 0 Å². The molecular weight excluding hydrogens is 208 g/mol. The van der Waals surface area contributed by atoms with Crippen molar-refractivity contribution < 1.29 is 4.79 Å². The number of benzene rings is 2. The molecule has 0 heterocycles. The molecule has 0 aromatic heterocycles. The van der Waals surface area contributed by atoms with Crippen LogP contribution in [0.1, 0.15) is 28.4 Å². The van der Waals surface area contributed by atoms with E-state index in [9.17, 15) is 4.79 Å². The molecule has 0 aliphatic rings. The minimum atomic E-state index is 0.754. The fourth-order valence-corrected chi connectivity index (χ4v) is 1.98. The zero-order chi connectivity index (χ0) is 12.3. The lowest BCUT2D eigenvalue weighted by Gasteiger charge is -2.08. The van der Waals surface area contributed by atoms with Crippen molar-refractivity contribution in [2.24, 2.45) is 0 Å². The molecule has 0 amide bonds. The van der Waals surface area contributed by atoms with E-state index in [2.05, 4.69) is 31.2 Å². The molecule has 0 saturated carbocycles. The maximum atomic E-state index is 11.1. The van der Waals surface area contributed by atoms with Gasteiger partial charge in [-0.3, -0.25) is 4.79 Å². The van der Waals surface area contributed by atoms with Crippen molar-refractivity contribution in [2.45, 2.75) is 20.3 Å². The third kappa shape index (κ3) is 2.44. The molecule has 17 heavy (non-hydrogen) atoms. The molecule has 0 atom stereocenters. The lowest BCUT2D eigenvalue weighted by atomic mass is 9.96. The number of hydrogen-bond acceptors (Lipinski definition) is 1. The molecule has 0 saturated heterocycles. The van der Waals surface area contributed by atoms with Crippen LogP contribution in [0.15, 0.2) is 42.5 Å². The van der Waals surface area contributed by atoms with Gasteiger partial charge < -0.3 is 0 Å². The summed E-state index contributed by atoms with van der Waals surface area (Å²) in [4.78, 5) is 11.1. The number of aryl methyl sites for hydroxylation is 2. The van der Waals surface area contributed by atoms with Gasteiger partial charge in [-0.05, 0) is 30.0 Å². The zero-order valence-corrected chi connectivity index (χ0v) is 10.2. The highest BCUT2D eigenvalue weighted by Gasteiger charge is 2.05. The maximum absolute atomic E-state index is 11.1. The highest BCUT2D eigenvalue weighted by Crippen LogP contribution is 2.25. The van der Waals surface area contributed by atoms with Crippen LogP contribution in [-0.2, 0) is 6.42 Å². The van der Waals surface area contributed by atoms with Gasteiger partial charge in [-0.2, -0.15) is 0 Å². The Labute approximate surface area is 102 Å². The molecule has 2 rings (SSSR count). The van der Waals surface area contributed by atoms with Crippen LogP contribution >= 0.6 is 0 Å². The molecule has 0 fully saturated rings. The van der Waals surface area contributed by atoms with E-state index in [0.29, 0.717) is 0 Å². The first-order valence-electron chi connectivity index (χ1n) is 5.89. The second-order valence-electron chi connectivity index (χ2n) is 4.26. The first-order valence-corrected chi connectivity index (χ1v) is 5.89. The van der Waals surface area contributed by atoms with Crippen LogP contribution in [0.3, 0.4) is 0 Å². The van der Waals surface area contributed by atoms with E-state index in [0.717, 1.165) is 29.4 Å². The molecule has 0 spiro atoms. The van der Waals surface area contributed by atoms with Crippen LogP contribution in [0.4, 0.5) is 0 Å². The van der Waals surface area contributed by atoms with Gasteiger partial charge in [-0.1, -0.05) is 55.0 Å². The van der Waals surface area contributed by atoms with E-state index in [-0.39, 0.29) is 0 Å². The summed E-state index contributed by atoms with van der Waals surface area (Å²) in [5.74, 6) is 0. The monoisotopic (exact) mass is 224 g/mol. The average Bonchev–Trinajstić information content (AvgIpc) is 2.39. The fraction of sp³-hybridized carbons (Fsp3) is 0.188. The largest absolute Gasteiger partial charge is 0.298 e. The number of aldehydes is 1. The second kappa shape index (κ2) is 4.96. The summed E-state index contributed by atoms with van der Waals surface area (Å²) in [6.45, 7) is 4.18. The van der Waals surface area contributed by atoms with Crippen molar-refractivity contribution in [1.82, 2.24) is 0 Å². The molecule has 0 N–H and O–H groups in total. The molecule has 86 valence electrons. The molecule has 1 nitrogen and oxygen atoms in total. The Balaban J connectivity index is 2.58. The fourth-order valence-electron chi connectivity index (χ4n) is 1.98. The Morgan fingerprint density at radius 3 is 2.65 bits per heavy atom. The lowest BCUT2D eigenvalue weighted by molar-refractivity contribution is 0.112. The van der Waals surface area contributed by atoms with Gasteiger partial charge in [-0.25, -0.2) is 0 Å². The van der Waals surface area contributed by atoms with Crippen LogP contribution in [0.25, 0.3) is 11.1 Å². The normalized spacial score (nSPS) is 10.2. The van der Waals surface area contributed by atoms with E-state index in [1.165, 1.54) is 11.1 Å². The Morgan fingerprint density at radius 2 is 1.94 bits per heavy atom. The molecule has 0 aliphatic carbocycles. The van der Waals surface area contributed by atoms with E-state index in [1.54, 1.807) is 0 Å². The van der Waals surface area contributed by atoms with Gasteiger partial charge in [0.2, 0.25) is 0 Å². The van der Waals surface area contributed by atoms with Crippen LogP contribution in [0, 0.1) is 6.92 Å².